The summed E-state index contributed by atoms with van der Waals surface area (Å²) in [5.74, 6) is 0.0436. The van der Waals surface area contributed by atoms with Gasteiger partial charge in [0.15, 0.2) is 0 Å². The van der Waals surface area contributed by atoms with E-state index in [4.69, 9.17) is 16.3 Å². The van der Waals surface area contributed by atoms with Crippen LogP contribution in [0.2, 0.25) is 5.02 Å². The highest BCUT2D eigenvalue weighted by molar-refractivity contribution is 6.30. The van der Waals surface area contributed by atoms with Crippen molar-refractivity contribution < 1.29 is 18.6 Å². The van der Waals surface area contributed by atoms with E-state index in [9.17, 15) is 13.9 Å². The molecule has 0 saturated carbocycles. The number of alkyl halides is 1. The Morgan fingerprint density at radius 2 is 2.06 bits per heavy atom. The quantitative estimate of drug-likeness (QED) is 0.408. The molecule has 1 aliphatic carbocycles. The molecule has 8 heteroatoms. The average Bonchev–Trinajstić information content (AvgIpc) is 3.21. The van der Waals surface area contributed by atoms with Crippen LogP contribution in [0.15, 0.2) is 48.8 Å². The van der Waals surface area contributed by atoms with Gasteiger partial charge in [-0.25, -0.2) is 14.4 Å². The number of fused-ring (bicyclic) bond motifs is 1. The maximum Gasteiger partial charge on any atom is 0.232 e. The Bertz CT molecular complexity index is 1270. The maximum atomic E-state index is 14.2. The lowest BCUT2D eigenvalue weighted by atomic mass is 9.89. The number of aromatic nitrogens is 2. The summed E-state index contributed by atoms with van der Waals surface area (Å²) in [6.07, 6.45) is 9.40. The molecule has 1 aromatic heterocycles. The molecule has 2 aromatic carbocycles. The highest BCUT2D eigenvalue weighted by atomic mass is 35.5. The van der Waals surface area contributed by atoms with Crippen molar-refractivity contribution >= 4 is 17.2 Å². The van der Waals surface area contributed by atoms with Crippen molar-refractivity contribution in [1.82, 2.24) is 14.9 Å². The third-order valence-corrected chi connectivity index (χ3v) is 7.10. The van der Waals surface area contributed by atoms with Gasteiger partial charge in [-0.2, -0.15) is 0 Å². The second-order valence-corrected chi connectivity index (χ2v) is 9.64. The number of phenolic OH excluding ortho intramolecular Hbond substituents is 1. The van der Waals surface area contributed by atoms with E-state index in [2.05, 4.69) is 20.9 Å². The summed E-state index contributed by atoms with van der Waals surface area (Å²) in [5, 5.41) is 10.8. The van der Waals surface area contributed by atoms with Crippen LogP contribution in [-0.4, -0.2) is 52.4 Å². The zero-order valence-electron chi connectivity index (χ0n) is 19.9. The molecule has 0 spiro atoms. The van der Waals surface area contributed by atoms with Crippen LogP contribution in [0.1, 0.15) is 42.5 Å². The fourth-order valence-corrected chi connectivity index (χ4v) is 5.18. The number of allylic oxidation sites excluding steroid dienone is 1. The van der Waals surface area contributed by atoms with E-state index in [0.717, 1.165) is 62.0 Å². The Kier molecular flexibility index (Phi) is 7.48. The first-order chi connectivity index (χ1) is 17.5. The van der Waals surface area contributed by atoms with Gasteiger partial charge in [0.1, 0.15) is 17.7 Å². The number of benzene rings is 2. The van der Waals surface area contributed by atoms with Crippen molar-refractivity contribution in [3.05, 3.63) is 76.5 Å². The largest absolute Gasteiger partial charge is 0.507 e. The van der Waals surface area contributed by atoms with Gasteiger partial charge in [0.25, 0.3) is 0 Å². The van der Waals surface area contributed by atoms with Crippen molar-refractivity contribution in [2.45, 2.75) is 38.2 Å². The molecule has 1 saturated heterocycles. The van der Waals surface area contributed by atoms with Crippen LogP contribution in [-0.2, 0) is 6.42 Å². The summed E-state index contributed by atoms with van der Waals surface area (Å²) in [4.78, 5) is 11.4. The number of hydrogen-bond donors (Lipinski definition) is 1. The summed E-state index contributed by atoms with van der Waals surface area (Å²) >= 11 is 5.89. The number of aromatic hydroxyl groups is 1. The third kappa shape index (κ3) is 5.22. The first-order valence-corrected chi connectivity index (χ1v) is 12.7. The van der Waals surface area contributed by atoms with Crippen LogP contribution in [0, 0.1) is 5.82 Å². The summed E-state index contributed by atoms with van der Waals surface area (Å²) < 4.78 is 32.7. The fraction of sp³-hybridized carbons (Fsp3) is 0.357. The minimum Gasteiger partial charge on any atom is -0.507 e. The number of hydrogen-bond acceptors (Lipinski definition) is 5. The molecule has 1 fully saturated rings. The van der Waals surface area contributed by atoms with Gasteiger partial charge in [0.2, 0.25) is 5.88 Å². The van der Waals surface area contributed by atoms with Crippen LogP contribution in [0.5, 0.6) is 11.6 Å². The molecule has 188 valence electrons. The summed E-state index contributed by atoms with van der Waals surface area (Å²) in [5.41, 5.74) is 4.72. The topological polar surface area (TPSA) is 58.5 Å². The molecular weight excluding hydrogens is 484 g/mol. The molecule has 1 N–H and O–H groups in total. The predicted octanol–water partition coefficient (Wildman–Crippen LogP) is 6.22. The van der Waals surface area contributed by atoms with E-state index < -0.39 is 5.82 Å². The van der Waals surface area contributed by atoms with E-state index in [1.54, 1.807) is 24.5 Å². The van der Waals surface area contributed by atoms with Crippen molar-refractivity contribution in [2.24, 2.45) is 0 Å². The highest BCUT2D eigenvalue weighted by Gasteiger charge is 2.25. The third-order valence-electron chi connectivity index (χ3n) is 6.80. The molecule has 1 aliphatic heterocycles. The number of ether oxygens (including phenoxy) is 1. The smallest absolute Gasteiger partial charge is 0.232 e. The number of halogens is 3. The number of phenols is 1. The van der Waals surface area contributed by atoms with E-state index in [-0.39, 0.29) is 23.6 Å². The van der Waals surface area contributed by atoms with Gasteiger partial charge < -0.3 is 9.84 Å². The van der Waals surface area contributed by atoms with Crippen molar-refractivity contribution in [3.63, 3.8) is 0 Å². The van der Waals surface area contributed by atoms with Gasteiger partial charge in [-0.15, -0.1) is 0 Å². The molecule has 0 radical (unpaired) electrons. The Hall–Kier alpha value is -3.03. The van der Waals surface area contributed by atoms with Gasteiger partial charge in [0.05, 0.1) is 29.8 Å². The molecular formula is C28H28ClF2N3O2. The Labute approximate surface area is 214 Å². The van der Waals surface area contributed by atoms with Crippen molar-refractivity contribution in [3.8, 4) is 22.8 Å². The van der Waals surface area contributed by atoms with Gasteiger partial charge in [-0.05, 0) is 67.0 Å². The zero-order valence-corrected chi connectivity index (χ0v) is 20.6. The highest BCUT2D eigenvalue weighted by Crippen LogP contribution is 2.41. The predicted molar refractivity (Wildman–Crippen MR) is 137 cm³/mol. The summed E-state index contributed by atoms with van der Waals surface area (Å²) in [6, 6.07) is 8.11. The van der Waals surface area contributed by atoms with E-state index >= 15 is 0 Å². The molecule has 1 atom stereocenters. The average molecular weight is 512 g/mol. The lowest BCUT2D eigenvalue weighted by Crippen LogP contribution is -2.26. The first kappa shape index (κ1) is 24.7. The SMILES string of the molecule is Oc1ccc2c(c1-c1ccc(Cl)c(F)c1)CCCC=C2c1cnc(O[C@H]2CCN(CCCF)C2)cn1. The van der Waals surface area contributed by atoms with Gasteiger partial charge in [0, 0.05) is 30.8 Å². The molecule has 3 aromatic rings. The van der Waals surface area contributed by atoms with Crippen LogP contribution in [0.4, 0.5) is 8.78 Å². The lowest BCUT2D eigenvalue weighted by Gasteiger charge is -2.18. The molecule has 0 bridgehead atoms. The number of likely N-dealkylation sites (tertiary alicyclic amines) is 1. The minimum atomic E-state index is -0.523. The van der Waals surface area contributed by atoms with E-state index in [0.29, 0.717) is 29.1 Å². The number of nitrogens with zero attached hydrogens (tertiary/aromatic N) is 3. The fourth-order valence-electron chi connectivity index (χ4n) is 5.07. The van der Waals surface area contributed by atoms with E-state index in [1.165, 1.54) is 12.1 Å². The standard InChI is InChI=1S/C28H28ClF2N3O2/c29-23-8-6-18(14-24(23)31)28-22-5-2-1-4-21(20(22)7-9-26(28)35)25-15-33-27(16-32-25)36-19-10-13-34(17-19)12-3-11-30/h4,6-9,14-16,19,35H,1-3,5,10-13,17H2/t19-/m0/s1. The molecule has 2 aliphatic rings. The Balaban J connectivity index is 1.40. The van der Waals surface area contributed by atoms with Gasteiger partial charge in [-0.3, -0.25) is 9.29 Å². The zero-order chi connectivity index (χ0) is 25.1. The monoisotopic (exact) mass is 511 g/mol. The first-order valence-electron chi connectivity index (χ1n) is 12.3. The molecule has 36 heavy (non-hydrogen) atoms. The van der Waals surface area contributed by atoms with Crippen molar-refractivity contribution in [1.29, 1.82) is 0 Å². The summed E-state index contributed by atoms with van der Waals surface area (Å²) in [6.45, 7) is 2.10. The molecule has 2 heterocycles. The maximum absolute atomic E-state index is 14.2. The second kappa shape index (κ2) is 10.9. The number of rotatable bonds is 7. The van der Waals surface area contributed by atoms with E-state index in [1.807, 2.05) is 6.07 Å². The van der Waals surface area contributed by atoms with Crippen LogP contribution in [0.3, 0.4) is 0 Å². The van der Waals surface area contributed by atoms with Gasteiger partial charge >= 0.3 is 0 Å². The molecule has 0 unspecified atom stereocenters. The lowest BCUT2D eigenvalue weighted by molar-refractivity contribution is 0.190. The normalized spacial score (nSPS) is 18.0. The molecule has 5 nitrogen and oxygen atoms in total. The molecule has 0 amide bonds. The second-order valence-electron chi connectivity index (χ2n) is 9.24. The Morgan fingerprint density at radius 3 is 2.83 bits per heavy atom. The van der Waals surface area contributed by atoms with Crippen LogP contribution < -0.4 is 4.74 Å². The molecule has 5 rings (SSSR count). The Morgan fingerprint density at radius 1 is 1.17 bits per heavy atom. The minimum absolute atomic E-state index is 0.0212. The van der Waals surface area contributed by atoms with Crippen LogP contribution in [0.25, 0.3) is 16.7 Å². The van der Waals surface area contributed by atoms with Crippen molar-refractivity contribution in [2.75, 3.05) is 26.3 Å². The van der Waals surface area contributed by atoms with Crippen LogP contribution >= 0.6 is 11.6 Å². The summed E-state index contributed by atoms with van der Waals surface area (Å²) in [7, 11) is 0. The van der Waals surface area contributed by atoms with Gasteiger partial charge in [-0.1, -0.05) is 29.8 Å².